The Kier molecular flexibility index (Phi) is 4.42. The van der Waals surface area contributed by atoms with E-state index >= 15 is 0 Å². The lowest BCUT2D eigenvalue weighted by Crippen LogP contribution is -2.35. The summed E-state index contributed by atoms with van der Waals surface area (Å²) in [6.07, 6.45) is 1.05. The van der Waals surface area contributed by atoms with Crippen molar-refractivity contribution in [3.05, 3.63) is 29.8 Å². The predicted octanol–water partition coefficient (Wildman–Crippen LogP) is 2.76. The summed E-state index contributed by atoms with van der Waals surface area (Å²) in [6.45, 7) is 6.72. The number of hydrogen-bond acceptors (Lipinski definition) is 3. The average Bonchev–Trinajstić information content (AvgIpc) is 2.67. The van der Waals surface area contributed by atoms with Gasteiger partial charge in [0.1, 0.15) is 6.04 Å². The molecule has 1 aromatic rings. The fourth-order valence-corrected chi connectivity index (χ4v) is 2.57. The van der Waals surface area contributed by atoms with Crippen molar-refractivity contribution in [3.8, 4) is 0 Å². The first kappa shape index (κ1) is 14.6. The molecule has 4 nitrogen and oxygen atoms in total. The van der Waals surface area contributed by atoms with E-state index in [4.69, 9.17) is 0 Å². The number of amides is 2. The minimum atomic E-state index is -0.422. The van der Waals surface area contributed by atoms with Gasteiger partial charge < -0.3 is 5.32 Å². The summed E-state index contributed by atoms with van der Waals surface area (Å²) in [5.41, 5.74) is 2.12. The molecule has 0 aromatic heterocycles. The topological polar surface area (TPSA) is 49.4 Å². The van der Waals surface area contributed by atoms with Gasteiger partial charge in [0.15, 0.2) is 0 Å². The monoisotopic (exact) mass is 274 g/mol. The highest BCUT2D eigenvalue weighted by molar-refractivity contribution is 6.06. The van der Waals surface area contributed by atoms with Crippen molar-refractivity contribution in [2.24, 2.45) is 0 Å². The first-order valence-electron chi connectivity index (χ1n) is 7.24. The van der Waals surface area contributed by atoms with Crippen LogP contribution in [-0.2, 0) is 9.59 Å². The predicted molar refractivity (Wildman–Crippen MR) is 79.6 cm³/mol. The lowest BCUT2D eigenvalue weighted by molar-refractivity contribution is -0.138. The third-order valence-electron chi connectivity index (χ3n) is 3.60. The number of carbonyl (C=O) groups excluding carboxylic acids is 2. The zero-order valence-corrected chi connectivity index (χ0v) is 12.3. The van der Waals surface area contributed by atoms with Gasteiger partial charge in [-0.3, -0.25) is 14.5 Å². The molecule has 0 spiro atoms. The Labute approximate surface area is 120 Å². The van der Waals surface area contributed by atoms with E-state index < -0.39 is 6.04 Å². The highest BCUT2D eigenvalue weighted by atomic mass is 16.2. The molecule has 2 rings (SSSR count). The number of nitrogens with one attached hydrogen (secondary N) is 1. The van der Waals surface area contributed by atoms with E-state index in [1.807, 2.05) is 25.1 Å². The van der Waals surface area contributed by atoms with Crippen molar-refractivity contribution >= 4 is 17.5 Å². The molecule has 1 aliphatic rings. The molecule has 0 aliphatic carbocycles. The zero-order valence-electron chi connectivity index (χ0n) is 12.3. The number of benzene rings is 1. The molecular weight excluding hydrogens is 252 g/mol. The third kappa shape index (κ3) is 2.84. The van der Waals surface area contributed by atoms with Gasteiger partial charge in [0.2, 0.25) is 5.91 Å². The Bertz CT molecular complexity index is 511. The molecule has 4 heteroatoms. The number of imide groups is 1. The van der Waals surface area contributed by atoms with Gasteiger partial charge in [0, 0.05) is 12.2 Å². The van der Waals surface area contributed by atoms with Gasteiger partial charge in [-0.25, -0.2) is 0 Å². The smallest absolute Gasteiger partial charge is 0.252 e. The molecule has 1 aromatic carbocycles. The molecule has 2 amide bonds. The summed E-state index contributed by atoms with van der Waals surface area (Å²) >= 11 is 0. The Morgan fingerprint density at radius 1 is 1.30 bits per heavy atom. The molecule has 108 valence electrons. The van der Waals surface area contributed by atoms with Crippen LogP contribution in [0, 0.1) is 0 Å². The van der Waals surface area contributed by atoms with Crippen LogP contribution in [-0.4, -0.2) is 29.3 Å². The molecule has 20 heavy (non-hydrogen) atoms. The van der Waals surface area contributed by atoms with E-state index in [1.165, 1.54) is 10.5 Å². The molecule has 0 bridgehead atoms. The lowest BCUT2D eigenvalue weighted by Gasteiger charge is -2.18. The minimum Gasteiger partial charge on any atom is -0.373 e. The van der Waals surface area contributed by atoms with Gasteiger partial charge in [0.05, 0.1) is 6.42 Å². The molecule has 1 aliphatic heterocycles. The summed E-state index contributed by atoms with van der Waals surface area (Å²) in [6, 6.07) is 7.53. The molecule has 1 saturated heterocycles. The minimum absolute atomic E-state index is 0.0728. The second-order valence-electron chi connectivity index (χ2n) is 5.53. The number of carbonyl (C=O) groups is 2. The Morgan fingerprint density at radius 2 is 2.00 bits per heavy atom. The number of para-hydroxylation sites is 1. The molecule has 1 heterocycles. The van der Waals surface area contributed by atoms with Crippen LogP contribution in [0.25, 0.3) is 0 Å². The summed E-state index contributed by atoms with van der Waals surface area (Å²) in [5, 5.41) is 3.25. The van der Waals surface area contributed by atoms with Crippen LogP contribution in [0.1, 0.15) is 45.1 Å². The van der Waals surface area contributed by atoms with Crippen molar-refractivity contribution < 1.29 is 9.59 Å². The molecule has 1 fully saturated rings. The number of anilines is 1. The van der Waals surface area contributed by atoms with Crippen LogP contribution >= 0.6 is 0 Å². The Hall–Kier alpha value is -1.84. The molecular formula is C16H22N2O2. The molecule has 0 radical (unpaired) electrons. The maximum atomic E-state index is 12.2. The van der Waals surface area contributed by atoms with E-state index in [0.717, 1.165) is 12.1 Å². The van der Waals surface area contributed by atoms with Crippen molar-refractivity contribution in [2.75, 3.05) is 11.9 Å². The van der Waals surface area contributed by atoms with E-state index in [1.54, 1.807) is 0 Å². The van der Waals surface area contributed by atoms with Crippen LogP contribution in [0.4, 0.5) is 5.69 Å². The molecule has 1 unspecified atom stereocenters. The number of likely N-dealkylation sites (tertiary alicyclic amines) is 1. The molecule has 0 saturated carbocycles. The second-order valence-corrected chi connectivity index (χ2v) is 5.53. The van der Waals surface area contributed by atoms with Gasteiger partial charge in [-0.15, -0.1) is 0 Å². The maximum absolute atomic E-state index is 12.2. The van der Waals surface area contributed by atoms with Gasteiger partial charge in [-0.2, -0.15) is 0 Å². The van der Waals surface area contributed by atoms with Gasteiger partial charge >= 0.3 is 0 Å². The van der Waals surface area contributed by atoms with E-state index in [-0.39, 0.29) is 18.2 Å². The van der Waals surface area contributed by atoms with Gasteiger partial charge in [-0.05, 0) is 24.0 Å². The van der Waals surface area contributed by atoms with Crippen LogP contribution in [0.3, 0.4) is 0 Å². The van der Waals surface area contributed by atoms with Crippen LogP contribution in [0.5, 0.6) is 0 Å². The van der Waals surface area contributed by atoms with E-state index in [2.05, 4.69) is 25.2 Å². The van der Waals surface area contributed by atoms with Crippen molar-refractivity contribution in [1.82, 2.24) is 4.90 Å². The van der Waals surface area contributed by atoms with Crippen molar-refractivity contribution in [1.29, 1.82) is 0 Å². The van der Waals surface area contributed by atoms with Crippen LogP contribution < -0.4 is 5.32 Å². The number of hydrogen-bond donors (Lipinski definition) is 1. The maximum Gasteiger partial charge on any atom is 0.252 e. The highest BCUT2D eigenvalue weighted by Gasteiger charge is 2.38. The quantitative estimate of drug-likeness (QED) is 0.840. The third-order valence-corrected chi connectivity index (χ3v) is 3.60. The Balaban J connectivity index is 2.15. The standard InChI is InChI=1S/C16H22N2O2/c1-4-9-18-15(19)10-14(16(18)20)17-13-8-6-5-7-12(13)11(2)3/h5-8,11,14,17H,4,9-10H2,1-3H3. The first-order valence-corrected chi connectivity index (χ1v) is 7.24. The molecule has 1 N–H and O–H groups in total. The fourth-order valence-electron chi connectivity index (χ4n) is 2.57. The normalized spacial score (nSPS) is 19.0. The van der Waals surface area contributed by atoms with Crippen LogP contribution in [0.2, 0.25) is 0 Å². The van der Waals surface area contributed by atoms with E-state index in [9.17, 15) is 9.59 Å². The van der Waals surface area contributed by atoms with Gasteiger partial charge in [-0.1, -0.05) is 39.0 Å². The SMILES string of the molecule is CCCN1C(=O)CC(Nc2ccccc2C(C)C)C1=O. The summed E-state index contributed by atoms with van der Waals surface area (Å²) in [7, 11) is 0. The Morgan fingerprint density at radius 3 is 2.65 bits per heavy atom. The summed E-state index contributed by atoms with van der Waals surface area (Å²) in [5.74, 6) is 0.199. The average molecular weight is 274 g/mol. The number of rotatable bonds is 5. The number of nitrogens with zero attached hydrogens (tertiary/aromatic N) is 1. The van der Waals surface area contributed by atoms with Crippen molar-refractivity contribution in [2.45, 2.75) is 45.6 Å². The second kappa shape index (κ2) is 6.07. The highest BCUT2D eigenvalue weighted by Crippen LogP contribution is 2.26. The zero-order chi connectivity index (χ0) is 14.7. The van der Waals surface area contributed by atoms with Gasteiger partial charge in [0.25, 0.3) is 5.91 Å². The molecule has 1 atom stereocenters. The largest absolute Gasteiger partial charge is 0.373 e. The lowest BCUT2D eigenvalue weighted by atomic mass is 10.0. The summed E-state index contributed by atoms with van der Waals surface area (Å²) in [4.78, 5) is 25.5. The first-order chi connectivity index (χ1) is 9.54. The van der Waals surface area contributed by atoms with Crippen molar-refractivity contribution in [3.63, 3.8) is 0 Å². The fraction of sp³-hybridized carbons (Fsp3) is 0.500. The summed E-state index contributed by atoms with van der Waals surface area (Å²) < 4.78 is 0. The van der Waals surface area contributed by atoms with Crippen LogP contribution in [0.15, 0.2) is 24.3 Å². The van der Waals surface area contributed by atoms with E-state index in [0.29, 0.717) is 12.5 Å².